The Hall–Kier alpha value is -3.01. The largest absolute Gasteiger partial charge is 1.00 e. The van der Waals surface area contributed by atoms with Crippen molar-refractivity contribution < 1.29 is 35.8 Å². The average molecular weight is 408 g/mol. The number of nitro benzene ring substituents is 1. The summed E-state index contributed by atoms with van der Waals surface area (Å²) < 4.78 is 8.09. The van der Waals surface area contributed by atoms with E-state index in [2.05, 4.69) is 10.5 Å². The molecule has 3 rings (SSSR count). The van der Waals surface area contributed by atoms with Crippen molar-refractivity contribution in [2.75, 3.05) is 5.43 Å². The fraction of sp³-hybridized carbons (Fsp3) is 0.133. The number of nitrogens with zero attached hydrogens (tertiary/aromatic N) is 4. The van der Waals surface area contributed by atoms with Crippen LogP contribution in [0.5, 0.6) is 0 Å². The minimum atomic E-state index is -0.504. The first-order valence-electron chi connectivity index (χ1n) is 7.08. The summed E-state index contributed by atoms with van der Waals surface area (Å²) in [6.45, 7) is 0.599. The Labute approximate surface area is 152 Å². The Bertz CT molecular complexity index is 845. The van der Waals surface area contributed by atoms with Crippen LogP contribution < -0.4 is 27.1 Å². The summed E-state index contributed by atoms with van der Waals surface area (Å²) in [7, 11) is 0. The van der Waals surface area contributed by atoms with Gasteiger partial charge in [-0.05, 0) is 23.3 Å². The minimum Gasteiger partial charge on any atom is -1.00 e. The van der Waals surface area contributed by atoms with Crippen LogP contribution in [0.15, 0.2) is 59.9 Å². The van der Waals surface area contributed by atoms with Crippen LogP contribution in [-0.2, 0) is 13.1 Å². The van der Waals surface area contributed by atoms with Gasteiger partial charge >= 0.3 is 0 Å². The molecule has 0 aliphatic rings. The SMILES string of the molecule is O=C(C[n+]1cn(NCc2ccoc2)cn1)c1ccc([N+](=O)[O-])cc1.[Br-]. The molecule has 0 bridgehead atoms. The highest BCUT2D eigenvalue weighted by Crippen LogP contribution is 2.12. The van der Waals surface area contributed by atoms with Crippen LogP contribution in [-0.4, -0.2) is 20.5 Å². The average Bonchev–Trinajstić information content (AvgIpc) is 3.24. The Morgan fingerprint density at radius 1 is 1.32 bits per heavy atom. The molecule has 0 saturated carbocycles. The lowest BCUT2D eigenvalue weighted by atomic mass is 10.1. The maximum atomic E-state index is 12.2. The molecule has 0 spiro atoms. The number of Topliss-reactive ketones (excluding diaryl/α,β-unsaturated/α-hetero) is 1. The molecule has 0 aliphatic carbocycles. The Morgan fingerprint density at radius 3 is 2.72 bits per heavy atom. The number of halogens is 1. The normalized spacial score (nSPS) is 10.1. The summed E-state index contributed by atoms with van der Waals surface area (Å²) in [4.78, 5) is 22.3. The fourth-order valence-electron chi connectivity index (χ4n) is 2.07. The second-order valence-corrected chi connectivity index (χ2v) is 5.04. The third-order valence-electron chi connectivity index (χ3n) is 3.33. The van der Waals surface area contributed by atoms with Gasteiger partial charge in [0.25, 0.3) is 12.0 Å². The van der Waals surface area contributed by atoms with Crippen molar-refractivity contribution in [2.45, 2.75) is 13.1 Å². The molecule has 2 heterocycles. The van der Waals surface area contributed by atoms with Crippen LogP contribution >= 0.6 is 0 Å². The van der Waals surface area contributed by atoms with Gasteiger partial charge in [0.05, 0.1) is 24.0 Å². The first-order chi connectivity index (χ1) is 11.6. The van der Waals surface area contributed by atoms with Gasteiger partial charge in [0.2, 0.25) is 12.1 Å². The highest BCUT2D eigenvalue weighted by molar-refractivity contribution is 5.95. The van der Waals surface area contributed by atoms with Crippen LogP contribution in [0, 0.1) is 10.1 Å². The molecule has 0 fully saturated rings. The number of nitro groups is 1. The van der Waals surface area contributed by atoms with Crippen LogP contribution in [0.1, 0.15) is 15.9 Å². The first-order valence-corrected chi connectivity index (χ1v) is 7.08. The van der Waals surface area contributed by atoms with E-state index in [4.69, 9.17) is 4.42 Å². The predicted octanol–water partition coefficient (Wildman–Crippen LogP) is -1.70. The number of non-ortho nitro benzene ring substituents is 1. The maximum Gasteiger partial charge on any atom is 0.289 e. The van der Waals surface area contributed by atoms with E-state index in [1.807, 2.05) is 6.07 Å². The highest BCUT2D eigenvalue weighted by Gasteiger charge is 2.14. The molecule has 130 valence electrons. The molecule has 25 heavy (non-hydrogen) atoms. The Balaban J connectivity index is 0.00000225. The molecular formula is C15H14BrN5O4. The number of carbonyl (C=O) groups is 1. The van der Waals surface area contributed by atoms with Gasteiger partial charge in [0.1, 0.15) is 0 Å². The fourth-order valence-corrected chi connectivity index (χ4v) is 2.07. The maximum absolute atomic E-state index is 12.2. The monoisotopic (exact) mass is 407 g/mol. The van der Waals surface area contributed by atoms with E-state index in [1.54, 1.807) is 29.9 Å². The van der Waals surface area contributed by atoms with Crippen molar-refractivity contribution in [2.24, 2.45) is 0 Å². The second kappa shape index (κ2) is 8.20. The molecule has 0 saturated heterocycles. The van der Waals surface area contributed by atoms with Gasteiger partial charge < -0.3 is 21.4 Å². The van der Waals surface area contributed by atoms with Gasteiger partial charge in [0, 0.05) is 23.3 Å². The molecule has 3 aromatic rings. The van der Waals surface area contributed by atoms with Crippen molar-refractivity contribution in [3.8, 4) is 0 Å². The zero-order valence-electron chi connectivity index (χ0n) is 12.9. The molecule has 0 radical (unpaired) electrons. The molecule has 9 nitrogen and oxygen atoms in total. The van der Waals surface area contributed by atoms with Crippen LogP contribution in [0.3, 0.4) is 0 Å². The van der Waals surface area contributed by atoms with Crippen molar-refractivity contribution in [3.63, 3.8) is 0 Å². The van der Waals surface area contributed by atoms with Gasteiger partial charge in [-0.1, -0.05) is 0 Å². The third kappa shape index (κ3) is 4.73. The summed E-state index contributed by atoms with van der Waals surface area (Å²) in [5.41, 5.74) is 4.42. The number of benzene rings is 1. The van der Waals surface area contributed by atoms with E-state index in [9.17, 15) is 14.9 Å². The van der Waals surface area contributed by atoms with E-state index < -0.39 is 4.92 Å². The van der Waals surface area contributed by atoms with Crippen LogP contribution in [0.4, 0.5) is 5.69 Å². The number of aromatic nitrogens is 3. The number of hydrogen-bond acceptors (Lipinski definition) is 6. The lowest BCUT2D eigenvalue weighted by Crippen LogP contribution is -3.00. The number of hydrogen-bond donors (Lipinski definition) is 1. The standard InChI is InChI=1S/C15H14N5O4.BrH/c21-15(13-1-3-14(4-2-13)20(22)23)8-18-11-19(10-17-18)16-7-12-5-6-24-9-12;/h1-6,9-11,16H,7-8H2;1H/q+1;/p-1. The van der Waals surface area contributed by atoms with E-state index in [-0.39, 0.29) is 35.0 Å². The molecule has 0 aliphatic heterocycles. The molecule has 0 amide bonds. The van der Waals surface area contributed by atoms with Gasteiger partial charge in [-0.3, -0.25) is 20.3 Å². The molecule has 10 heteroatoms. The van der Waals surface area contributed by atoms with E-state index in [0.717, 1.165) is 5.56 Å². The molecule has 0 unspecified atom stereocenters. The summed E-state index contributed by atoms with van der Waals surface area (Å²) in [6.07, 6.45) is 6.41. The van der Waals surface area contributed by atoms with Crippen LogP contribution in [0.25, 0.3) is 0 Å². The van der Waals surface area contributed by atoms with Gasteiger partial charge in [0.15, 0.2) is 6.54 Å². The van der Waals surface area contributed by atoms with Crippen molar-refractivity contribution in [1.82, 2.24) is 9.77 Å². The van der Waals surface area contributed by atoms with E-state index in [1.165, 1.54) is 28.9 Å². The third-order valence-corrected chi connectivity index (χ3v) is 3.33. The van der Waals surface area contributed by atoms with Crippen molar-refractivity contribution in [1.29, 1.82) is 0 Å². The molecule has 1 aromatic carbocycles. The lowest BCUT2D eigenvalue weighted by Gasteiger charge is -1.98. The molecule has 2 aromatic heterocycles. The molecule has 0 atom stereocenters. The summed E-state index contributed by atoms with van der Waals surface area (Å²) in [5.74, 6) is -0.185. The smallest absolute Gasteiger partial charge is 0.289 e. The zero-order valence-corrected chi connectivity index (χ0v) is 14.5. The highest BCUT2D eigenvalue weighted by atomic mass is 79.9. The summed E-state index contributed by atoms with van der Waals surface area (Å²) in [5, 5.41) is 14.7. The number of rotatable bonds is 7. The lowest BCUT2D eigenvalue weighted by molar-refractivity contribution is -0.739. The van der Waals surface area contributed by atoms with Gasteiger partial charge in [-0.25, -0.2) is 0 Å². The van der Waals surface area contributed by atoms with Gasteiger partial charge in [-0.2, -0.15) is 0 Å². The van der Waals surface area contributed by atoms with E-state index >= 15 is 0 Å². The zero-order chi connectivity index (χ0) is 16.9. The number of carbonyl (C=O) groups excluding carboxylic acids is 1. The van der Waals surface area contributed by atoms with Crippen LogP contribution in [0.2, 0.25) is 0 Å². The second-order valence-electron chi connectivity index (χ2n) is 5.04. The number of furan rings is 1. The Kier molecular flexibility index (Phi) is 6.01. The van der Waals surface area contributed by atoms with Crippen molar-refractivity contribution >= 4 is 11.5 Å². The molecular weight excluding hydrogens is 394 g/mol. The molecule has 1 N–H and O–H groups in total. The summed E-state index contributed by atoms with van der Waals surface area (Å²) >= 11 is 0. The van der Waals surface area contributed by atoms with Crippen molar-refractivity contribution in [3.05, 3.63) is 76.8 Å². The summed E-state index contributed by atoms with van der Waals surface area (Å²) in [6, 6.07) is 7.34. The quantitative estimate of drug-likeness (QED) is 0.216. The number of nitrogens with one attached hydrogen (secondary N) is 1. The predicted molar refractivity (Wildman–Crippen MR) is 81.6 cm³/mol. The van der Waals surface area contributed by atoms with E-state index in [0.29, 0.717) is 12.1 Å². The topological polar surface area (TPSA) is 107 Å². The minimum absolute atomic E-state index is 0. The number of ketones is 1. The Morgan fingerprint density at radius 2 is 2.08 bits per heavy atom. The van der Waals surface area contributed by atoms with Gasteiger partial charge in [-0.15, -0.1) is 9.36 Å². The first kappa shape index (κ1) is 18.3.